The van der Waals surface area contributed by atoms with Gasteiger partial charge >= 0.3 is 0 Å². The second kappa shape index (κ2) is 7.63. The summed E-state index contributed by atoms with van der Waals surface area (Å²) < 4.78 is 7.18. The summed E-state index contributed by atoms with van der Waals surface area (Å²) in [5, 5.41) is 7.37. The Morgan fingerprint density at radius 1 is 1.04 bits per heavy atom. The van der Waals surface area contributed by atoms with E-state index in [1.54, 1.807) is 10.9 Å². The maximum Gasteiger partial charge on any atom is 0.259 e. The highest BCUT2D eigenvalue weighted by Gasteiger charge is 2.16. The summed E-state index contributed by atoms with van der Waals surface area (Å²) in [5.41, 5.74) is 4.17. The Morgan fingerprint density at radius 3 is 2.56 bits per heavy atom. The Labute approximate surface area is 158 Å². The number of hydrogen-bond acceptors (Lipinski definition) is 4. The minimum Gasteiger partial charge on any atom is -0.378 e. The first-order valence-corrected chi connectivity index (χ1v) is 9.06. The Morgan fingerprint density at radius 2 is 1.78 bits per heavy atom. The van der Waals surface area contributed by atoms with Gasteiger partial charge < -0.3 is 15.0 Å². The molecule has 138 valence electrons. The summed E-state index contributed by atoms with van der Waals surface area (Å²) in [4.78, 5) is 15.0. The van der Waals surface area contributed by atoms with Crippen LogP contribution in [0.25, 0.3) is 5.69 Å². The molecule has 1 fully saturated rings. The van der Waals surface area contributed by atoms with Gasteiger partial charge in [-0.05, 0) is 37.3 Å². The molecule has 0 saturated carbocycles. The number of nitrogens with one attached hydrogen (secondary N) is 1. The third kappa shape index (κ3) is 3.71. The van der Waals surface area contributed by atoms with Gasteiger partial charge in [0, 0.05) is 24.5 Å². The Bertz CT molecular complexity index is 930. The summed E-state index contributed by atoms with van der Waals surface area (Å²) in [6, 6.07) is 17.7. The van der Waals surface area contributed by atoms with Gasteiger partial charge in [0.25, 0.3) is 5.91 Å². The monoisotopic (exact) mass is 362 g/mol. The zero-order chi connectivity index (χ0) is 18.6. The molecule has 0 bridgehead atoms. The summed E-state index contributed by atoms with van der Waals surface area (Å²) >= 11 is 0. The number of aromatic nitrogens is 2. The maximum atomic E-state index is 12.8. The molecule has 1 N–H and O–H groups in total. The van der Waals surface area contributed by atoms with E-state index in [2.05, 4.69) is 21.4 Å². The largest absolute Gasteiger partial charge is 0.378 e. The minimum atomic E-state index is -0.159. The van der Waals surface area contributed by atoms with E-state index in [0.29, 0.717) is 5.56 Å². The number of para-hydroxylation sites is 1. The first-order valence-electron chi connectivity index (χ1n) is 9.06. The first kappa shape index (κ1) is 17.3. The first-order chi connectivity index (χ1) is 13.2. The van der Waals surface area contributed by atoms with Crippen LogP contribution in [-0.4, -0.2) is 42.0 Å². The van der Waals surface area contributed by atoms with Crippen LogP contribution in [0.3, 0.4) is 0 Å². The lowest BCUT2D eigenvalue weighted by Crippen LogP contribution is -2.36. The number of nitrogens with zero attached hydrogens (tertiary/aromatic N) is 3. The molecule has 2 heterocycles. The van der Waals surface area contributed by atoms with Crippen LogP contribution in [0.5, 0.6) is 0 Å². The molecule has 2 aromatic carbocycles. The molecule has 1 aliphatic rings. The van der Waals surface area contributed by atoms with Gasteiger partial charge in [-0.25, -0.2) is 4.68 Å². The van der Waals surface area contributed by atoms with E-state index >= 15 is 0 Å². The van der Waals surface area contributed by atoms with Gasteiger partial charge in [0.15, 0.2) is 0 Å². The molecule has 0 radical (unpaired) electrons. The molecular formula is C21H22N4O2. The molecule has 1 amide bonds. The van der Waals surface area contributed by atoms with Crippen LogP contribution < -0.4 is 10.2 Å². The highest BCUT2D eigenvalue weighted by molar-refractivity contribution is 6.05. The predicted molar refractivity (Wildman–Crippen MR) is 106 cm³/mol. The zero-order valence-electron chi connectivity index (χ0n) is 15.3. The number of ether oxygens (including phenoxy) is 1. The summed E-state index contributed by atoms with van der Waals surface area (Å²) in [7, 11) is 0. The fraction of sp³-hybridized carbons (Fsp3) is 0.238. The van der Waals surface area contributed by atoms with E-state index in [1.807, 2.05) is 55.5 Å². The number of carbonyl (C=O) groups is 1. The molecule has 6 heteroatoms. The molecule has 0 unspecified atom stereocenters. The lowest BCUT2D eigenvalue weighted by molar-refractivity contribution is 0.102. The van der Waals surface area contributed by atoms with Crippen molar-refractivity contribution < 1.29 is 9.53 Å². The van der Waals surface area contributed by atoms with E-state index in [0.717, 1.165) is 49.1 Å². The topological polar surface area (TPSA) is 59.4 Å². The Kier molecular flexibility index (Phi) is 4.89. The molecule has 1 aliphatic heterocycles. The van der Waals surface area contributed by atoms with Crippen molar-refractivity contribution in [1.29, 1.82) is 0 Å². The lowest BCUT2D eigenvalue weighted by Gasteiger charge is -2.29. The molecular weight excluding hydrogens is 340 g/mol. The van der Waals surface area contributed by atoms with E-state index < -0.39 is 0 Å². The summed E-state index contributed by atoms with van der Waals surface area (Å²) in [6.07, 6.45) is 1.61. The number of anilines is 2. The fourth-order valence-electron chi connectivity index (χ4n) is 3.26. The quantitative estimate of drug-likeness (QED) is 0.774. The fourth-order valence-corrected chi connectivity index (χ4v) is 3.26. The lowest BCUT2D eigenvalue weighted by atomic mass is 10.2. The van der Waals surface area contributed by atoms with Gasteiger partial charge in [0.05, 0.1) is 36.4 Å². The van der Waals surface area contributed by atoms with E-state index in [-0.39, 0.29) is 5.91 Å². The molecule has 6 nitrogen and oxygen atoms in total. The van der Waals surface area contributed by atoms with Gasteiger partial charge in [0.1, 0.15) is 0 Å². The van der Waals surface area contributed by atoms with Crippen LogP contribution in [-0.2, 0) is 4.74 Å². The average molecular weight is 362 g/mol. The molecule has 0 atom stereocenters. The van der Waals surface area contributed by atoms with Crippen LogP contribution in [0.15, 0.2) is 60.8 Å². The second-order valence-corrected chi connectivity index (χ2v) is 6.49. The van der Waals surface area contributed by atoms with Crippen molar-refractivity contribution in [3.05, 3.63) is 72.1 Å². The molecule has 27 heavy (non-hydrogen) atoms. The van der Waals surface area contributed by atoms with E-state index in [4.69, 9.17) is 4.74 Å². The van der Waals surface area contributed by atoms with Gasteiger partial charge in [-0.1, -0.05) is 24.3 Å². The third-order valence-electron chi connectivity index (χ3n) is 4.74. The van der Waals surface area contributed by atoms with Crippen molar-refractivity contribution in [2.45, 2.75) is 6.92 Å². The molecule has 0 aliphatic carbocycles. The van der Waals surface area contributed by atoms with Crippen molar-refractivity contribution in [1.82, 2.24) is 9.78 Å². The number of morpholine rings is 1. The van der Waals surface area contributed by atoms with Crippen LogP contribution in [0.4, 0.5) is 11.4 Å². The van der Waals surface area contributed by atoms with E-state index in [9.17, 15) is 4.79 Å². The molecule has 3 aromatic rings. The maximum absolute atomic E-state index is 12.8. The number of carbonyl (C=O) groups excluding carboxylic acids is 1. The van der Waals surface area contributed by atoms with Crippen LogP contribution >= 0.6 is 0 Å². The van der Waals surface area contributed by atoms with Crippen LogP contribution in [0.2, 0.25) is 0 Å². The summed E-state index contributed by atoms with van der Waals surface area (Å²) in [6.45, 7) is 5.09. The number of amides is 1. The van der Waals surface area contributed by atoms with Gasteiger partial charge in [-0.3, -0.25) is 4.79 Å². The van der Waals surface area contributed by atoms with Crippen molar-refractivity contribution in [2.75, 3.05) is 36.5 Å². The van der Waals surface area contributed by atoms with Crippen LogP contribution in [0, 0.1) is 6.92 Å². The van der Waals surface area contributed by atoms with Crippen LogP contribution in [0.1, 0.15) is 16.1 Å². The molecule has 0 spiro atoms. The van der Waals surface area contributed by atoms with Crippen molar-refractivity contribution in [2.24, 2.45) is 0 Å². The van der Waals surface area contributed by atoms with Gasteiger partial charge in [-0.15, -0.1) is 0 Å². The van der Waals surface area contributed by atoms with Crippen molar-refractivity contribution >= 4 is 17.3 Å². The van der Waals surface area contributed by atoms with Gasteiger partial charge in [0.2, 0.25) is 0 Å². The highest BCUT2D eigenvalue weighted by atomic mass is 16.5. The van der Waals surface area contributed by atoms with Crippen molar-refractivity contribution in [3.63, 3.8) is 0 Å². The number of benzene rings is 2. The van der Waals surface area contributed by atoms with Gasteiger partial charge in [-0.2, -0.15) is 5.10 Å². The highest BCUT2D eigenvalue weighted by Crippen LogP contribution is 2.22. The zero-order valence-corrected chi connectivity index (χ0v) is 15.3. The molecule has 1 saturated heterocycles. The normalized spacial score (nSPS) is 14.2. The Balaban J connectivity index is 1.52. The smallest absolute Gasteiger partial charge is 0.259 e. The number of hydrogen-bond donors (Lipinski definition) is 1. The van der Waals surface area contributed by atoms with E-state index in [1.165, 1.54) is 0 Å². The third-order valence-corrected chi connectivity index (χ3v) is 4.74. The Hall–Kier alpha value is -3.12. The average Bonchev–Trinajstić information content (AvgIpc) is 3.11. The predicted octanol–water partition coefficient (Wildman–Crippen LogP) is 3.27. The molecule has 1 aromatic heterocycles. The van der Waals surface area contributed by atoms with Crippen molar-refractivity contribution in [3.8, 4) is 5.69 Å². The molecule has 4 rings (SSSR count). The minimum absolute atomic E-state index is 0.159. The summed E-state index contributed by atoms with van der Waals surface area (Å²) in [5.74, 6) is -0.159. The SMILES string of the molecule is Cc1c(C(=O)Nc2cccc(N3CCOCC3)c2)cnn1-c1ccccc1. The second-order valence-electron chi connectivity index (χ2n) is 6.49. The number of rotatable bonds is 4. The standard InChI is InChI=1S/C21H22N4O2/c1-16-20(15-22-25(16)18-7-3-2-4-8-18)21(26)23-17-6-5-9-19(14-17)24-10-12-27-13-11-24/h2-9,14-15H,10-13H2,1H3,(H,23,26).